The van der Waals surface area contributed by atoms with Gasteiger partial charge in [0.25, 0.3) is 0 Å². The van der Waals surface area contributed by atoms with Gasteiger partial charge in [-0.2, -0.15) is 0 Å². The number of carbonyl (C=O) groups is 2. The third-order valence-corrected chi connectivity index (χ3v) is 4.21. The summed E-state index contributed by atoms with van der Waals surface area (Å²) in [4.78, 5) is 29.3. The van der Waals surface area contributed by atoms with Gasteiger partial charge in [-0.15, -0.1) is 11.3 Å². The van der Waals surface area contributed by atoms with Gasteiger partial charge in [0.1, 0.15) is 28.1 Å². The molecule has 0 aliphatic carbocycles. The Morgan fingerprint density at radius 3 is 2.64 bits per heavy atom. The molecule has 2 heterocycles. The molecule has 1 aromatic rings. The third kappa shape index (κ3) is 3.30. The van der Waals surface area contributed by atoms with E-state index in [1.807, 2.05) is 41.5 Å². The van der Waals surface area contributed by atoms with Crippen molar-refractivity contribution in [3.05, 3.63) is 16.1 Å². The van der Waals surface area contributed by atoms with Gasteiger partial charge in [-0.3, -0.25) is 9.69 Å². The van der Waals surface area contributed by atoms with E-state index >= 15 is 0 Å². The molecule has 1 aliphatic rings. The van der Waals surface area contributed by atoms with Gasteiger partial charge < -0.3 is 9.47 Å². The smallest absolute Gasteiger partial charge is 0.413 e. The zero-order chi connectivity index (χ0) is 16.7. The van der Waals surface area contributed by atoms with E-state index in [4.69, 9.17) is 9.47 Å². The van der Waals surface area contributed by atoms with Crippen molar-refractivity contribution < 1.29 is 19.1 Å². The number of aldehydes is 1. The fourth-order valence-corrected chi connectivity index (χ4v) is 3.51. The van der Waals surface area contributed by atoms with Crippen molar-refractivity contribution in [2.75, 3.05) is 0 Å². The van der Waals surface area contributed by atoms with Crippen molar-refractivity contribution in [2.24, 2.45) is 0 Å². The second-order valence-corrected chi connectivity index (χ2v) is 7.68. The molecule has 1 aliphatic heterocycles. The standard InChI is InChI=1S/C15H22N2O4S/c1-9-11(12-16-10(7-18)8-22-12)17(15(5,6)20-9)13(19)21-14(2,3)4/h7-9,11H,1-6H3/t9-,11+/m1/s1. The largest absolute Gasteiger partial charge is 0.444 e. The minimum Gasteiger partial charge on any atom is -0.444 e. The molecule has 1 fully saturated rings. The molecule has 0 saturated carbocycles. The molecule has 7 heteroatoms. The second kappa shape index (κ2) is 5.62. The van der Waals surface area contributed by atoms with E-state index in [1.165, 1.54) is 11.3 Å². The van der Waals surface area contributed by atoms with Gasteiger partial charge in [-0.25, -0.2) is 9.78 Å². The highest BCUT2D eigenvalue weighted by Gasteiger charge is 2.51. The van der Waals surface area contributed by atoms with E-state index in [0.29, 0.717) is 17.0 Å². The molecule has 122 valence electrons. The lowest BCUT2D eigenvalue weighted by Crippen LogP contribution is -2.47. The normalized spacial score (nSPS) is 24.4. The predicted molar refractivity (Wildman–Crippen MR) is 82.9 cm³/mol. The summed E-state index contributed by atoms with van der Waals surface area (Å²) in [6.45, 7) is 11.0. The first-order chi connectivity index (χ1) is 10.0. The van der Waals surface area contributed by atoms with Gasteiger partial charge >= 0.3 is 6.09 Å². The molecule has 1 aromatic heterocycles. The van der Waals surface area contributed by atoms with Gasteiger partial charge in [0.05, 0.1) is 6.10 Å². The van der Waals surface area contributed by atoms with Crippen LogP contribution in [-0.4, -0.2) is 39.7 Å². The first-order valence-corrected chi connectivity index (χ1v) is 8.04. The molecule has 22 heavy (non-hydrogen) atoms. The van der Waals surface area contributed by atoms with Crippen LogP contribution >= 0.6 is 11.3 Å². The average molecular weight is 326 g/mol. The molecule has 0 spiro atoms. The van der Waals surface area contributed by atoms with E-state index in [9.17, 15) is 9.59 Å². The lowest BCUT2D eigenvalue weighted by molar-refractivity contribution is -0.0757. The predicted octanol–water partition coefficient (Wildman–Crippen LogP) is 3.39. The first-order valence-electron chi connectivity index (χ1n) is 7.16. The molecule has 0 unspecified atom stereocenters. The molecule has 6 nitrogen and oxygen atoms in total. The first kappa shape index (κ1) is 16.9. The summed E-state index contributed by atoms with van der Waals surface area (Å²) in [5.74, 6) is 0. The molecule has 0 N–H and O–H groups in total. The SMILES string of the molecule is C[C@H]1OC(C)(C)N(C(=O)OC(C)(C)C)[C@@H]1c1nc(C=O)cs1. The Labute approximate surface area is 134 Å². The second-order valence-electron chi connectivity index (χ2n) is 6.79. The fourth-order valence-electron chi connectivity index (χ4n) is 2.57. The monoisotopic (exact) mass is 326 g/mol. The summed E-state index contributed by atoms with van der Waals surface area (Å²) in [5.41, 5.74) is -1.04. The van der Waals surface area contributed by atoms with Crippen LogP contribution < -0.4 is 0 Å². The average Bonchev–Trinajstić information content (AvgIpc) is 2.88. The van der Waals surface area contributed by atoms with Crippen LogP contribution in [0, 0.1) is 0 Å². The summed E-state index contributed by atoms with van der Waals surface area (Å²) < 4.78 is 11.4. The van der Waals surface area contributed by atoms with Crippen LogP contribution in [0.25, 0.3) is 0 Å². The van der Waals surface area contributed by atoms with Crippen LogP contribution in [0.3, 0.4) is 0 Å². The number of aromatic nitrogens is 1. The van der Waals surface area contributed by atoms with Crippen molar-refractivity contribution in [1.82, 2.24) is 9.88 Å². The summed E-state index contributed by atoms with van der Waals surface area (Å²) in [6.07, 6.45) is 0.00607. The van der Waals surface area contributed by atoms with Gasteiger partial charge in [0.15, 0.2) is 6.29 Å². The van der Waals surface area contributed by atoms with Crippen LogP contribution in [0.1, 0.15) is 63.1 Å². The number of amides is 1. The number of hydrogen-bond donors (Lipinski definition) is 0. The summed E-state index contributed by atoms with van der Waals surface area (Å²) in [7, 11) is 0. The lowest BCUT2D eigenvalue weighted by atomic mass is 10.1. The maximum Gasteiger partial charge on any atom is 0.413 e. The zero-order valence-electron chi connectivity index (χ0n) is 13.7. The van der Waals surface area contributed by atoms with Gasteiger partial charge in [-0.1, -0.05) is 0 Å². The zero-order valence-corrected chi connectivity index (χ0v) is 14.6. The summed E-state index contributed by atoms with van der Waals surface area (Å²) in [6, 6.07) is -0.372. The Morgan fingerprint density at radius 1 is 1.50 bits per heavy atom. The maximum atomic E-state index is 12.6. The Bertz CT molecular complexity index is 576. The van der Waals surface area contributed by atoms with Crippen LogP contribution in [0.4, 0.5) is 4.79 Å². The van der Waals surface area contributed by atoms with Crippen LogP contribution in [-0.2, 0) is 9.47 Å². The molecular weight excluding hydrogens is 304 g/mol. The number of thiazole rings is 1. The van der Waals surface area contributed by atoms with Crippen molar-refractivity contribution in [1.29, 1.82) is 0 Å². The molecular formula is C15H22N2O4S. The summed E-state index contributed by atoms with van der Waals surface area (Å²) >= 11 is 1.34. The Morgan fingerprint density at radius 2 is 2.14 bits per heavy atom. The Hall–Kier alpha value is -1.47. The van der Waals surface area contributed by atoms with Gasteiger partial charge in [0.2, 0.25) is 0 Å². The highest BCUT2D eigenvalue weighted by molar-refractivity contribution is 7.09. The fraction of sp³-hybridized carbons (Fsp3) is 0.667. The highest BCUT2D eigenvalue weighted by Crippen LogP contribution is 2.43. The summed E-state index contributed by atoms with van der Waals surface area (Å²) in [5, 5.41) is 2.35. The van der Waals surface area contributed by atoms with Crippen LogP contribution in [0.15, 0.2) is 5.38 Å². The lowest BCUT2D eigenvalue weighted by Gasteiger charge is -2.34. The Balaban J connectivity index is 2.36. The van der Waals surface area contributed by atoms with Crippen molar-refractivity contribution >= 4 is 23.7 Å². The third-order valence-electron chi connectivity index (χ3n) is 3.28. The molecule has 0 bridgehead atoms. The van der Waals surface area contributed by atoms with E-state index in [1.54, 1.807) is 10.3 Å². The van der Waals surface area contributed by atoms with Crippen molar-refractivity contribution in [3.8, 4) is 0 Å². The topological polar surface area (TPSA) is 68.7 Å². The van der Waals surface area contributed by atoms with Gasteiger partial charge in [0, 0.05) is 5.38 Å². The number of hydrogen-bond acceptors (Lipinski definition) is 6. The van der Waals surface area contributed by atoms with Crippen LogP contribution in [0.2, 0.25) is 0 Å². The minimum absolute atomic E-state index is 0.242. The quantitative estimate of drug-likeness (QED) is 0.779. The van der Waals surface area contributed by atoms with E-state index < -0.39 is 17.4 Å². The molecule has 2 rings (SSSR count). The van der Waals surface area contributed by atoms with E-state index in [2.05, 4.69) is 4.98 Å². The van der Waals surface area contributed by atoms with E-state index in [0.717, 1.165) is 0 Å². The number of nitrogens with zero attached hydrogens (tertiary/aromatic N) is 2. The number of ether oxygens (including phenoxy) is 2. The molecule has 1 amide bonds. The Kier molecular flexibility index (Phi) is 4.32. The van der Waals surface area contributed by atoms with Crippen molar-refractivity contribution in [3.63, 3.8) is 0 Å². The van der Waals surface area contributed by atoms with Crippen LogP contribution in [0.5, 0.6) is 0 Å². The molecule has 0 radical (unpaired) electrons. The van der Waals surface area contributed by atoms with Gasteiger partial charge in [-0.05, 0) is 41.5 Å². The molecule has 0 aromatic carbocycles. The maximum absolute atomic E-state index is 12.6. The van der Waals surface area contributed by atoms with E-state index in [-0.39, 0.29) is 12.1 Å². The van der Waals surface area contributed by atoms with Crippen molar-refractivity contribution in [2.45, 2.75) is 65.0 Å². The minimum atomic E-state index is -0.806. The number of carbonyl (C=O) groups excluding carboxylic acids is 2. The molecule has 2 atom stereocenters. The highest BCUT2D eigenvalue weighted by atomic mass is 32.1. The number of rotatable bonds is 2. The molecule has 1 saturated heterocycles.